The van der Waals surface area contributed by atoms with Gasteiger partial charge in [0.05, 0.1) is 11.4 Å². The Balaban J connectivity index is 0.000000178. The lowest BCUT2D eigenvalue weighted by Crippen LogP contribution is -2.23. The number of H-pyrrole nitrogens is 4. The quantitative estimate of drug-likeness (QED) is 0.363. The van der Waals surface area contributed by atoms with E-state index < -0.39 is 34.1 Å². The Morgan fingerprint density at radius 1 is 0.656 bits per heavy atom. The van der Waals surface area contributed by atoms with Gasteiger partial charge in [-0.2, -0.15) is 8.78 Å². The predicted molar refractivity (Wildman–Crippen MR) is 113 cm³/mol. The topological polar surface area (TPSA) is 157 Å². The number of hydrogen-bond donors (Lipinski definition) is 4. The first-order chi connectivity index (χ1) is 15.3. The van der Waals surface area contributed by atoms with E-state index >= 15 is 0 Å². The number of pyridine rings is 2. The summed E-state index contributed by atoms with van der Waals surface area (Å²) in [6.07, 6.45) is 8.86. The molecule has 10 nitrogen and oxygen atoms in total. The van der Waals surface area contributed by atoms with Crippen molar-refractivity contribution < 1.29 is 8.78 Å². The number of nitrogens with one attached hydrogen (secondary N) is 4. The van der Waals surface area contributed by atoms with Crippen molar-refractivity contribution in [1.82, 2.24) is 29.9 Å². The minimum atomic E-state index is -1.00. The zero-order valence-corrected chi connectivity index (χ0v) is 16.2. The molecule has 0 atom stereocenters. The fourth-order valence-corrected chi connectivity index (χ4v) is 1.91. The van der Waals surface area contributed by atoms with Crippen LogP contribution in [0.15, 0.2) is 80.4 Å². The summed E-state index contributed by atoms with van der Waals surface area (Å²) in [6, 6.07) is 11.6. The van der Waals surface area contributed by atoms with E-state index in [0.29, 0.717) is 12.4 Å². The molecule has 4 aromatic rings. The molecule has 0 aliphatic rings. The molecule has 4 N–H and O–H groups in total. The van der Waals surface area contributed by atoms with Crippen LogP contribution in [0.1, 0.15) is 11.4 Å². The molecule has 0 radical (unpaired) electrons. The summed E-state index contributed by atoms with van der Waals surface area (Å²) in [7, 11) is 0. The highest BCUT2D eigenvalue weighted by Gasteiger charge is 1.94. The molecule has 0 fully saturated rings. The zero-order chi connectivity index (χ0) is 23.3. The van der Waals surface area contributed by atoms with Crippen molar-refractivity contribution in [2.24, 2.45) is 0 Å². The molecule has 4 heterocycles. The molecule has 4 aromatic heterocycles. The van der Waals surface area contributed by atoms with E-state index in [1.165, 1.54) is 0 Å². The molecular formula is C20H16F2N6O4. The summed E-state index contributed by atoms with van der Waals surface area (Å²) in [6.45, 7) is 0. The van der Waals surface area contributed by atoms with Gasteiger partial charge >= 0.3 is 11.4 Å². The summed E-state index contributed by atoms with van der Waals surface area (Å²) in [5.74, 6) is -1.98. The molecule has 0 aliphatic carbocycles. The number of aromatic nitrogens is 6. The maximum atomic E-state index is 12.0. The van der Waals surface area contributed by atoms with Crippen LogP contribution >= 0.6 is 0 Å². The highest BCUT2D eigenvalue weighted by molar-refractivity contribution is 5.65. The lowest BCUT2D eigenvalue weighted by molar-refractivity contribution is 0.596. The van der Waals surface area contributed by atoms with Crippen molar-refractivity contribution in [3.05, 3.63) is 126 Å². The van der Waals surface area contributed by atoms with Gasteiger partial charge in [0.2, 0.25) is 11.6 Å². The second-order valence-corrected chi connectivity index (χ2v) is 5.68. The normalized spacial score (nSPS) is 9.94. The van der Waals surface area contributed by atoms with Gasteiger partial charge in [0.15, 0.2) is 0 Å². The average molecular weight is 442 g/mol. The first-order valence-corrected chi connectivity index (χ1v) is 8.80. The third-order valence-corrected chi connectivity index (χ3v) is 3.35. The summed E-state index contributed by atoms with van der Waals surface area (Å²) in [5.41, 5.74) is -1.53. The molecule has 0 aliphatic heterocycles. The fourth-order valence-electron chi connectivity index (χ4n) is 1.91. The third-order valence-electron chi connectivity index (χ3n) is 3.35. The van der Waals surface area contributed by atoms with Gasteiger partial charge in [0.25, 0.3) is 11.1 Å². The van der Waals surface area contributed by atoms with Crippen LogP contribution in [-0.2, 0) is 0 Å². The van der Waals surface area contributed by atoms with E-state index in [2.05, 4.69) is 9.97 Å². The van der Waals surface area contributed by atoms with Crippen LogP contribution in [0.5, 0.6) is 0 Å². The van der Waals surface area contributed by atoms with Crippen LogP contribution in [0.2, 0.25) is 0 Å². The Hall–Kier alpha value is -4.74. The Kier molecular flexibility index (Phi) is 8.88. The lowest BCUT2D eigenvalue weighted by atomic mass is 10.3. The Morgan fingerprint density at radius 3 is 1.34 bits per heavy atom. The van der Waals surface area contributed by atoms with E-state index in [0.717, 1.165) is 11.4 Å². The monoisotopic (exact) mass is 442 g/mol. The van der Waals surface area contributed by atoms with Gasteiger partial charge in [-0.05, 0) is 36.4 Å². The lowest BCUT2D eigenvalue weighted by Gasteiger charge is -1.91. The van der Waals surface area contributed by atoms with Gasteiger partial charge in [-0.1, -0.05) is 12.1 Å². The molecule has 0 amide bonds. The summed E-state index contributed by atoms with van der Waals surface area (Å²) in [5, 5.41) is 0. The average Bonchev–Trinajstić information content (AvgIpc) is 2.80. The molecule has 4 rings (SSSR count). The third kappa shape index (κ3) is 8.32. The van der Waals surface area contributed by atoms with Gasteiger partial charge in [-0.3, -0.25) is 29.5 Å². The van der Waals surface area contributed by atoms with Crippen molar-refractivity contribution in [3.63, 3.8) is 0 Å². The zero-order valence-electron chi connectivity index (χ0n) is 16.2. The number of halogens is 2. The number of hydrogen-bond acceptors (Lipinski definition) is 6. The smallest absolute Gasteiger partial charge is 0.311 e. The van der Waals surface area contributed by atoms with Crippen molar-refractivity contribution in [2.45, 2.75) is 0 Å². The fraction of sp³-hybridized carbons (Fsp3) is 0. The molecule has 12 heteroatoms. The summed E-state index contributed by atoms with van der Waals surface area (Å²) < 4.78 is 24.0. The van der Waals surface area contributed by atoms with Crippen LogP contribution in [-0.4, -0.2) is 29.9 Å². The minimum Gasteiger partial charge on any atom is -0.311 e. The second-order valence-electron chi connectivity index (χ2n) is 5.68. The number of aromatic amines is 4. The van der Waals surface area contributed by atoms with E-state index in [4.69, 9.17) is 0 Å². The summed E-state index contributed by atoms with van der Waals surface area (Å²) >= 11 is 0. The second kappa shape index (κ2) is 12.1. The minimum absolute atomic E-state index is 0.707. The van der Waals surface area contributed by atoms with Gasteiger partial charge in [0, 0.05) is 24.8 Å². The molecule has 0 bridgehead atoms. The SMILES string of the molecule is C(=C\c1ccccn1)/c1ccccn1.O=c1[nH]cc(F)c(=O)[nH]1.O=c1[nH]cc(F)c(=O)[nH]1. The molecule has 0 unspecified atom stereocenters. The van der Waals surface area contributed by atoms with Crippen LogP contribution in [0.3, 0.4) is 0 Å². The van der Waals surface area contributed by atoms with E-state index in [-0.39, 0.29) is 0 Å². The van der Waals surface area contributed by atoms with Crippen molar-refractivity contribution >= 4 is 12.2 Å². The van der Waals surface area contributed by atoms with Crippen molar-refractivity contribution in [3.8, 4) is 0 Å². The number of nitrogens with zero attached hydrogens (tertiary/aromatic N) is 2. The highest BCUT2D eigenvalue weighted by atomic mass is 19.1. The van der Waals surface area contributed by atoms with E-state index in [9.17, 15) is 28.0 Å². The standard InChI is InChI=1S/C12H10N2.2C4H3FN2O2/c1-3-9-13-11(5-1)7-8-12-6-2-4-10-14-12;2*5-2-1-6-4(9)7-3(2)8/h1-10H;2*1H,(H2,6,7,8,9)/b8-7+;;. The first kappa shape index (κ1) is 23.5. The predicted octanol–water partition coefficient (Wildman–Crippen LogP) is 1.05. The van der Waals surface area contributed by atoms with Gasteiger partial charge < -0.3 is 9.97 Å². The van der Waals surface area contributed by atoms with Gasteiger partial charge in [-0.25, -0.2) is 9.59 Å². The molecule has 0 aromatic carbocycles. The van der Waals surface area contributed by atoms with E-state index in [1.54, 1.807) is 22.4 Å². The van der Waals surface area contributed by atoms with Crippen LogP contribution in [0.4, 0.5) is 8.78 Å². The Labute approximate surface area is 177 Å². The molecule has 0 saturated carbocycles. The van der Waals surface area contributed by atoms with Crippen LogP contribution in [0.25, 0.3) is 12.2 Å². The maximum absolute atomic E-state index is 12.0. The molecule has 0 saturated heterocycles. The van der Waals surface area contributed by atoms with Crippen molar-refractivity contribution in [2.75, 3.05) is 0 Å². The van der Waals surface area contributed by atoms with Crippen molar-refractivity contribution in [1.29, 1.82) is 0 Å². The van der Waals surface area contributed by atoms with Crippen LogP contribution < -0.4 is 22.5 Å². The molecule has 32 heavy (non-hydrogen) atoms. The first-order valence-electron chi connectivity index (χ1n) is 8.80. The molecular weight excluding hydrogens is 426 g/mol. The largest absolute Gasteiger partial charge is 0.325 e. The van der Waals surface area contributed by atoms with Crippen LogP contribution in [0, 0.1) is 11.6 Å². The molecule has 0 spiro atoms. The summed E-state index contributed by atoms with van der Waals surface area (Å²) in [4.78, 5) is 56.4. The molecule has 164 valence electrons. The maximum Gasteiger partial charge on any atom is 0.325 e. The number of rotatable bonds is 2. The van der Waals surface area contributed by atoms with Gasteiger partial charge in [0.1, 0.15) is 0 Å². The Morgan fingerprint density at radius 2 is 1.06 bits per heavy atom. The van der Waals surface area contributed by atoms with Gasteiger partial charge in [-0.15, -0.1) is 0 Å². The Bertz CT molecular complexity index is 1270. The van der Waals surface area contributed by atoms with E-state index in [1.807, 2.05) is 58.5 Å². The highest BCUT2D eigenvalue weighted by Crippen LogP contribution is 2.02.